The van der Waals surface area contributed by atoms with Gasteiger partial charge in [-0.1, -0.05) is 19.4 Å². The van der Waals surface area contributed by atoms with E-state index in [1.54, 1.807) is 7.11 Å². The van der Waals surface area contributed by atoms with Gasteiger partial charge in [0.1, 0.15) is 17.4 Å². The van der Waals surface area contributed by atoms with Crippen molar-refractivity contribution in [3.63, 3.8) is 0 Å². The van der Waals surface area contributed by atoms with Crippen LogP contribution in [0.5, 0.6) is 5.75 Å². The first kappa shape index (κ1) is 12.2. The zero-order valence-electron chi connectivity index (χ0n) is 10.4. The van der Waals surface area contributed by atoms with Gasteiger partial charge in [-0.25, -0.2) is 0 Å². The van der Waals surface area contributed by atoms with Crippen LogP contribution in [-0.4, -0.2) is 12.1 Å². The molecule has 0 saturated heterocycles. The van der Waals surface area contributed by atoms with Gasteiger partial charge in [-0.05, 0) is 24.1 Å². The fourth-order valence-electron chi connectivity index (χ4n) is 2.18. The number of hydrogen-bond donors (Lipinski definition) is 1. The predicted molar refractivity (Wildman–Crippen MR) is 69.8 cm³/mol. The second kappa shape index (κ2) is 4.92. The zero-order chi connectivity index (χ0) is 13.1. The Morgan fingerprint density at radius 1 is 1.44 bits per heavy atom. The Labute approximate surface area is 105 Å². The molecule has 1 heterocycles. The summed E-state index contributed by atoms with van der Waals surface area (Å²) in [7, 11) is 1.58. The van der Waals surface area contributed by atoms with Gasteiger partial charge in [0.2, 0.25) is 0 Å². The average Bonchev–Trinajstić information content (AvgIpc) is 2.38. The third kappa shape index (κ3) is 1.84. The Morgan fingerprint density at radius 2 is 2.22 bits per heavy atom. The number of rotatable bonds is 3. The number of aromatic amines is 1. The van der Waals surface area contributed by atoms with E-state index >= 15 is 0 Å². The highest BCUT2D eigenvalue weighted by molar-refractivity contribution is 5.89. The van der Waals surface area contributed by atoms with Gasteiger partial charge in [-0.3, -0.25) is 4.79 Å². The van der Waals surface area contributed by atoms with Gasteiger partial charge in [0.05, 0.1) is 12.6 Å². The van der Waals surface area contributed by atoms with Gasteiger partial charge in [-0.2, -0.15) is 5.26 Å². The molecule has 0 saturated carbocycles. The number of pyridine rings is 1. The van der Waals surface area contributed by atoms with Crippen molar-refractivity contribution in [3.8, 4) is 11.8 Å². The summed E-state index contributed by atoms with van der Waals surface area (Å²) in [6.45, 7) is 2.02. The number of benzene rings is 1. The molecule has 0 spiro atoms. The SMILES string of the molecule is CCCc1c(C#N)c(=O)[nH]c2cccc(OC)c12. The molecule has 0 aliphatic rings. The Bertz CT molecular complexity index is 680. The first-order chi connectivity index (χ1) is 8.72. The predicted octanol–water partition coefficient (Wildman–Crippen LogP) is 2.36. The number of hydrogen-bond acceptors (Lipinski definition) is 3. The summed E-state index contributed by atoms with van der Waals surface area (Å²) in [4.78, 5) is 14.6. The van der Waals surface area contributed by atoms with Gasteiger partial charge in [0.25, 0.3) is 5.56 Å². The standard InChI is InChI=1S/C14H14N2O2/c1-3-5-9-10(8-15)14(17)16-11-6-4-7-12(18-2)13(9)11/h4,6-7H,3,5H2,1-2H3,(H,16,17). The number of fused-ring (bicyclic) bond motifs is 1. The minimum Gasteiger partial charge on any atom is -0.496 e. The maximum Gasteiger partial charge on any atom is 0.266 e. The van der Waals surface area contributed by atoms with Crippen LogP contribution >= 0.6 is 0 Å². The van der Waals surface area contributed by atoms with Crippen LogP contribution < -0.4 is 10.3 Å². The van der Waals surface area contributed by atoms with Gasteiger partial charge in [-0.15, -0.1) is 0 Å². The van der Waals surface area contributed by atoms with E-state index in [1.807, 2.05) is 31.2 Å². The monoisotopic (exact) mass is 242 g/mol. The molecule has 4 heteroatoms. The fourth-order valence-corrected chi connectivity index (χ4v) is 2.18. The van der Waals surface area contributed by atoms with E-state index in [2.05, 4.69) is 4.98 Å². The zero-order valence-corrected chi connectivity index (χ0v) is 10.4. The summed E-state index contributed by atoms with van der Waals surface area (Å²) < 4.78 is 5.32. The Kier molecular flexibility index (Phi) is 3.33. The van der Waals surface area contributed by atoms with E-state index in [1.165, 1.54) is 0 Å². The van der Waals surface area contributed by atoms with Crippen LogP contribution in [0.1, 0.15) is 24.5 Å². The highest BCUT2D eigenvalue weighted by Gasteiger charge is 2.14. The third-order valence-corrected chi connectivity index (χ3v) is 2.94. The van der Waals surface area contributed by atoms with E-state index in [0.717, 1.165) is 17.4 Å². The van der Waals surface area contributed by atoms with Crippen LogP contribution in [0.15, 0.2) is 23.0 Å². The molecule has 2 rings (SSSR count). The maximum atomic E-state index is 11.8. The Balaban J connectivity index is 2.95. The van der Waals surface area contributed by atoms with Crippen LogP contribution in [0, 0.1) is 11.3 Å². The number of nitrogens with one attached hydrogen (secondary N) is 1. The van der Waals surface area contributed by atoms with Crippen molar-refractivity contribution < 1.29 is 4.74 Å². The molecule has 0 fully saturated rings. The van der Waals surface area contributed by atoms with Gasteiger partial charge < -0.3 is 9.72 Å². The molecule has 0 atom stereocenters. The van der Waals surface area contributed by atoms with Gasteiger partial charge in [0, 0.05) is 5.39 Å². The number of nitriles is 1. The van der Waals surface area contributed by atoms with E-state index in [0.29, 0.717) is 17.7 Å². The molecule has 4 nitrogen and oxygen atoms in total. The highest BCUT2D eigenvalue weighted by Crippen LogP contribution is 2.28. The highest BCUT2D eigenvalue weighted by atomic mass is 16.5. The molecule has 1 N–H and O–H groups in total. The molecule has 1 aromatic carbocycles. The lowest BCUT2D eigenvalue weighted by molar-refractivity contribution is 0.419. The molecule has 0 bridgehead atoms. The second-order valence-electron chi connectivity index (χ2n) is 4.05. The molecule has 2 aromatic rings. The largest absolute Gasteiger partial charge is 0.496 e. The van der Waals surface area contributed by atoms with Crippen LogP contribution in [-0.2, 0) is 6.42 Å². The summed E-state index contributed by atoms with van der Waals surface area (Å²) in [6.07, 6.45) is 1.55. The number of aromatic nitrogens is 1. The Hall–Kier alpha value is -2.28. The topological polar surface area (TPSA) is 65.9 Å². The molecule has 0 radical (unpaired) electrons. The van der Waals surface area contributed by atoms with Crippen molar-refractivity contribution in [1.29, 1.82) is 5.26 Å². The van der Waals surface area contributed by atoms with Crippen molar-refractivity contribution in [1.82, 2.24) is 4.98 Å². The lowest BCUT2D eigenvalue weighted by Crippen LogP contribution is -2.14. The summed E-state index contributed by atoms with van der Waals surface area (Å²) in [6, 6.07) is 7.46. The van der Waals surface area contributed by atoms with Gasteiger partial charge in [0.15, 0.2) is 0 Å². The van der Waals surface area contributed by atoms with E-state index in [9.17, 15) is 4.79 Å². The van der Waals surface area contributed by atoms with E-state index < -0.39 is 0 Å². The summed E-state index contributed by atoms with van der Waals surface area (Å²) >= 11 is 0. The second-order valence-corrected chi connectivity index (χ2v) is 4.05. The summed E-state index contributed by atoms with van der Waals surface area (Å²) in [5, 5.41) is 9.97. The van der Waals surface area contributed by atoms with E-state index in [-0.39, 0.29) is 11.1 Å². The number of nitrogens with zero attached hydrogens (tertiary/aromatic N) is 1. The molecule has 0 amide bonds. The van der Waals surface area contributed by atoms with Crippen molar-refractivity contribution in [2.24, 2.45) is 0 Å². The van der Waals surface area contributed by atoms with Crippen LogP contribution in [0.3, 0.4) is 0 Å². The van der Waals surface area contributed by atoms with Gasteiger partial charge >= 0.3 is 0 Å². The molecule has 0 unspecified atom stereocenters. The van der Waals surface area contributed by atoms with Crippen LogP contribution in [0.4, 0.5) is 0 Å². The van der Waals surface area contributed by atoms with Crippen molar-refractivity contribution >= 4 is 10.9 Å². The Morgan fingerprint density at radius 3 is 2.83 bits per heavy atom. The molecule has 0 aliphatic heterocycles. The maximum absolute atomic E-state index is 11.8. The number of ether oxygens (including phenoxy) is 1. The van der Waals surface area contributed by atoms with E-state index in [4.69, 9.17) is 10.00 Å². The third-order valence-electron chi connectivity index (χ3n) is 2.94. The average molecular weight is 242 g/mol. The smallest absolute Gasteiger partial charge is 0.266 e. The molecular formula is C14H14N2O2. The molecular weight excluding hydrogens is 228 g/mol. The normalized spacial score (nSPS) is 10.3. The van der Waals surface area contributed by atoms with Crippen LogP contribution in [0.25, 0.3) is 10.9 Å². The van der Waals surface area contributed by atoms with Crippen LogP contribution in [0.2, 0.25) is 0 Å². The number of H-pyrrole nitrogens is 1. The minimum atomic E-state index is -0.332. The number of aryl methyl sites for hydroxylation is 1. The molecule has 92 valence electrons. The lowest BCUT2D eigenvalue weighted by Gasteiger charge is -2.11. The summed E-state index contributed by atoms with van der Waals surface area (Å²) in [5.41, 5.74) is 1.34. The van der Waals surface area contributed by atoms with Crippen molar-refractivity contribution in [2.75, 3.05) is 7.11 Å². The quantitative estimate of drug-likeness (QED) is 0.898. The number of methoxy groups -OCH3 is 1. The van der Waals surface area contributed by atoms with Crippen molar-refractivity contribution in [2.45, 2.75) is 19.8 Å². The molecule has 1 aromatic heterocycles. The molecule has 0 aliphatic carbocycles. The minimum absolute atomic E-state index is 0.189. The summed E-state index contributed by atoms with van der Waals surface area (Å²) in [5.74, 6) is 0.684. The molecule has 18 heavy (non-hydrogen) atoms. The first-order valence-corrected chi connectivity index (χ1v) is 5.84. The lowest BCUT2D eigenvalue weighted by atomic mass is 9.99. The van der Waals surface area contributed by atoms with Crippen molar-refractivity contribution in [3.05, 3.63) is 39.7 Å². The first-order valence-electron chi connectivity index (χ1n) is 5.84. The fraction of sp³-hybridized carbons (Fsp3) is 0.286.